The van der Waals surface area contributed by atoms with Gasteiger partial charge in [-0.3, -0.25) is 14.6 Å². The molecule has 20 heavy (non-hydrogen) atoms. The van der Waals surface area contributed by atoms with Crippen molar-refractivity contribution in [3.05, 3.63) is 29.6 Å². The summed E-state index contributed by atoms with van der Waals surface area (Å²) >= 11 is 0. The van der Waals surface area contributed by atoms with E-state index in [0.29, 0.717) is 6.54 Å². The van der Waals surface area contributed by atoms with Crippen molar-refractivity contribution in [3.63, 3.8) is 0 Å². The summed E-state index contributed by atoms with van der Waals surface area (Å²) in [6.45, 7) is 8.04. The largest absolute Gasteiger partial charge is 0.342 e. The Morgan fingerprint density at radius 2 is 2.10 bits per heavy atom. The Balaban J connectivity index is 2.26. The minimum atomic E-state index is -0.447. The standard InChI is InChI=1S/C15H21N3O2/c1-9(2)13-15(20)18(11(4)14(19)17-13)8-12-7-16-6-5-10(12)3/h5-7,9,11,13H,8H2,1-4H3,(H,17,19). The van der Waals surface area contributed by atoms with Crippen LogP contribution in [0.1, 0.15) is 31.9 Å². The van der Waals surface area contributed by atoms with Crippen molar-refractivity contribution in [3.8, 4) is 0 Å². The van der Waals surface area contributed by atoms with Crippen LogP contribution in [0.3, 0.4) is 0 Å². The molecule has 2 rings (SSSR count). The first-order valence-electron chi connectivity index (χ1n) is 6.92. The fourth-order valence-electron chi connectivity index (χ4n) is 2.36. The maximum Gasteiger partial charge on any atom is 0.246 e. The van der Waals surface area contributed by atoms with Gasteiger partial charge in [-0.1, -0.05) is 13.8 Å². The average molecular weight is 275 g/mol. The van der Waals surface area contributed by atoms with Crippen LogP contribution in [-0.2, 0) is 16.1 Å². The predicted octanol–water partition coefficient (Wildman–Crippen LogP) is 1.26. The van der Waals surface area contributed by atoms with Gasteiger partial charge in [0.2, 0.25) is 11.8 Å². The molecular weight excluding hydrogens is 254 g/mol. The molecule has 2 atom stereocenters. The van der Waals surface area contributed by atoms with Crippen molar-refractivity contribution in [2.45, 2.75) is 46.3 Å². The van der Waals surface area contributed by atoms with Crippen LogP contribution in [0.25, 0.3) is 0 Å². The highest BCUT2D eigenvalue weighted by atomic mass is 16.2. The van der Waals surface area contributed by atoms with Crippen molar-refractivity contribution in [1.82, 2.24) is 15.2 Å². The third-order valence-electron chi connectivity index (χ3n) is 3.85. The van der Waals surface area contributed by atoms with Crippen molar-refractivity contribution < 1.29 is 9.59 Å². The first kappa shape index (κ1) is 14.5. The number of amides is 2. The van der Waals surface area contributed by atoms with Gasteiger partial charge in [0.05, 0.1) is 0 Å². The van der Waals surface area contributed by atoms with Gasteiger partial charge in [0.25, 0.3) is 0 Å². The van der Waals surface area contributed by atoms with Crippen LogP contribution in [0.5, 0.6) is 0 Å². The summed E-state index contributed by atoms with van der Waals surface area (Å²) in [6, 6.07) is 1.03. The SMILES string of the molecule is Cc1ccncc1CN1C(=O)C(C(C)C)NC(=O)C1C. The smallest absolute Gasteiger partial charge is 0.246 e. The normalized spacial score (nSPS) is 23.1. The highest BCUT2D eigenvalue weighted by Gasteiger charge is 2.39. The van der Waals surface area contributed by atoms with Gasteiger partial charge in [0.15, 0.2) is 0 Å². The lowest BCUT2D eigenvalue weighted by atomic mass is 9.97. The first-order valence-corrected chi connectivity index (χ1v) is 6.92. The van der Waals surface area contributed by atoms with Crippen LogP contribution in [0.15, 0.2) is 18.5 Å². The zero-order chi connectivity index (χ0) is 14.9. The Bertz CT molecular complexity index is 528. The number of pyridine rings is 1. The zero-order valence-corrected chi connectivity index (χ0v) is 12.4. The van der Waals surface area contributed by atoms with Crippen molar-refractivity contribution in [1.29, 1.82) is 0 Å². The molecule has 2 amide bonds. The number of nitrogens with one attached hydrogen (secondary N) is 1. The van der Waals surface area contributed by atoms with E-state index in [-0.39, 0.29) is 17.7 Å². The molecule has 1 aliphatic heterocycles. The van der Waals surface area contributed by atoms with Crippen molar-refractivity contribution in [2.24, 2.45) is 5.92 Å². The molecular formula is C15H21N3O2. The molecule has 1 aliphatic rings. The fraction of sp³-hybridized carbons (Fsp3) is 0.533. The summed E-state index contributed by atoms with van der Waals surface area (Å²) in [5, 5.41) is 2.80. The Hall–Kier alpha value is -1.91. The number of piperazine rings is 1. The van der Waals surface area contributed by atoms with Crippen LogP contribution in [0, 0.1) is 12.8 Å². The van der Waals surface area contributed by atoms with Crippen molar-refractivity contribution >= 4 is 11.8 Å². The Morgan fingerprint density at radius 1 is 1.40 bits per heavy atom. The molecule has 5 heteroatoms. The summed E-state index contributed by atoms with van der Waals surface area (Å²) in [6.07, 6.45) is 3.48. The van der Waals surface area contributed by atoms with E-state index in [0.717, 1.165) is 11.1 Å². The number of carbonyl (C=O) groups is 2. The van der Waals surface area contributed by atoms with Gasteiger partial charge in [0.1, 0.15) is 12.1 Å². The average Bonchev–Trinajstić information content (AvgIpc) is 2.40. The summed E-state index contributed by atoms with van der Waals surface area (Å²) in [7, 11) is 0. The molecule has 0 aliphatic carbocycles. The third kappa shape index (κ3) is 2.66. The van der Waals surface area contributed by atoms with E-state index in [2.05, 4.69) is 10.3 Å². The molecule has 1 saturated heterocycles. The number of hydrogen-bond donors (Lipinski definition) is 1. The number of hydrogen-bond acceptors (Lipinski definition) is 3. The van der Waals surface area contributed by atoms with Crippen LogP contribution >= 0.6 is 0 Å². The fourth-order valence-corrected chi connectivity index (χ4v) is 2.36. The molecule has 108 valence electrons. The van der Waals surface area contributed by atoms with Gasteiger partial charge in [-0.15, -0.1) is 0 Å². The van der Waals surface area contributed by atoms with Gasteiger partial charge in [0, 0.05) is 18.9 Å². The van der Waals surface area contributed by atoms with Crippen LogP contribution < -0.4 is 5.32 Å². The summed E-state index contributed by atoms with van der Waals surface area (Å²) in [5.74, 6) is -0.0309. The molecule has 1 N–H and O–H groups in total. The maximum absolute atomic E-state index is 12.5. The maximum atomic E-state index is 12.5. The number of aromatic nitrogens is 1. The molecule has 0 bridgehead atoms. The van der Waals surface area contributed by atoms with Crippen molar-refractivity contribution in [2.75, 3.05) is 0 Å². The lowest BCUT2D eigenvalue weighted by Crippen LogP contribution is -2.63. The number of rotatable bonds is 3. The van der Waals surface area contributed by atoms with E-state index < -0.39 is 12.1 Å². The Kier molecular flexibility index (Phi) is 4.06. The summed E-state index contributed by atoms with van der Waals surface area (Å²) in [5.41, 5.74) is 2.05. The van der Waals surface area contributed by atoms with E-state index in [1.54, 1.807) is 24.2 Å². The number of aryl methyl sites for hydroxylation is 1. The van der Waals surface area contributed by atoms with E-state index >= 15 is 0 Å². The van der Waals surface area contributed by atoms with E-state index in [9.17, 15) is 9.59 Å². The highest BCUT2D eigenvalue weighted by molar-refractivity contribution is 5.96. The Labute approximate surface area is 119 Å². The lowest BCUT2D eigenvalue weighted by Gasteiger charge is -2.39. The second-order valence-electron chi connectivity index (χ2n) is 5.67. The van der Waals surface area contributed by atoms with Gasteiger partial charge >= 0.3 is 0 Å². The second kappa shape index (κ2) is 5.61. The minimum absolute atomic E-state index is 0.0182. The van der Waals surface area contributed by atoms with Gasteiger partial charge in [-0.05, 0) is 37.0 Å². The quantitative estimate of drug-likeness (QED) is 0.903. The lowest BCUT2D eigenvalue weighted by molar-refractivity contribution is -0.150. The third-order valence-corrected chi connectivity index (χ3v) is 3.85. The van der Waals surface area contributed by atoms with Gasteiger partial charge < -0.3 is 10.2 Å². The first-order chi connectivity index (χ1) is 9.41. The molecule has 0 saturated carbocycles. The molecule has 2 heterocycles. The molecule has 2 unspecified atom stereocenters. The highest BCUT2D eigenvalue weighted by Crippen LogP contribution is 2.19. The predicted molar refractivity (Wildman–Crippen MR) is 75.8 cm³/mol. The summed E-state index contributed by atoms with van der Waals surface area (Å²) < 4.78 is 0. The molecule has 5 nitrogen and oxygen atoms in total. The van der Waals surface area contributed by atoms with Gasteiger partial charge in [-0.2, -0.15) is 0 Å². The van der Waals surface area contributed by atoms with Crippen LogP contribution in [-0.4, -0.2) is 33.8 Å². The molecule has 0 aromatic carbocycles. The summed E-state index contributed by atoms with van der Waals surface area (Å²) in [4.78, 5) is 30.3. The molecule has 0 radical (unpaired) electrons. The molecule has 1 fully saturated rings. The van der Waals surface area contributed by atoms with Crippen LogP contribution in [0.2, 0.25) is 0 Å². The molecule has 0 spiro atoms. The minimum Gasteiger partial charge on any atom is -0.342 e. The Morgan fingerprint density at radius 3 is 2.70 bits per heavy atom. The molecule has 1 aromatic heterocycles. The van der Waals surface area contributed by atoms with Crippen LogP contribution in [0.4, 0.5) is 0 Å². The monoisotopic (exact) mass is 275 g/mol. The second-order valence-corrected chi connectivity index (χ2v) is 5.67. The topological polar surface area (TPSA) is 62.3 Å². The van der Waals surface area contributed by atoms with Gasteiger partial charge in [-0.25, -0.2) is 0 Å². The van der Waals surface area contributed by atoms with E-state index in [1.165, 1.54) is 0 Å². The van der Waals surface area contributed by atoms with E-state index in [1.807, 2.05) is 26.8 Å². The number of nitrogens with zero attached hydrogens (tertiary/aromatic N) is 2. The van der Waals surface area contributed by atoms with E-state index in [4.69, 9.17) is 0 Å². The number of carbonyl (C=O) groups excluding carboxylic acids is 2. The zero-order valence-electron chi connectivity index (χ0n) is 12.4. The molecule has 1 aromatic rings.